The Balaban J connectivity index is 1.95. The van der Waals surface area contributed by atoms with E-state index in [0.717, 1.165) is 39.9 Å². The molecule has 0 bridgehead atoms. The molecule has 42 heavy (non-hydrogen) atoms. The lowest BCUT2D eigenvalue weighted by atomic mass is 9.80. The lowest BCUT2D eigenvalue weighted by Crippen LogP contribution is -2.16. The molecule has 0 aliphatic rings. The fourth-order valence-electron chi connectivity index (χ4n) is 5.58. The smallest absolute Gasteiger partial charge is 0.168 e. The number of hydrogen-bond acceptors (Lipinski definition) is 2. The first-order valence-corrected chi connectivity index (χ1v) is 14.6. The second-order valence-electron chi connectivity index (χ2n) is 14.2. The molecule has 0 aliphatic carbocycles. The molecular weight excluding hydrogens is 528 g/mol. The van der Waals surface area contributed by atoms with Crippen molar-refractivity contribution in [2.24, 2.45) is 0 Å². The van der Waals surface area contributed by atoms with Gasteiger partial charge >= 0.3 is 0 Å². The molecular formula is C37H41F2NO2. The lowest BCUT2D eigenvalue weighted by Gasteiger charge is -2.26. The highest BCUT2D eigenvalue weighted by Crippen LogP contribution is 2.46. The van der Waals surface area contributed by atoms with Crippen molar-refractivity contribution in [3.8, 4) is 28.3 Å². The van der Waals surface area contributed by atoms with Crippen molar-refractivity contribution in [3.63, 3.8) is 0 Å². The van der Waals surface area contributed by atoms with Gasteiger partial charge in [-0.2, -0.15) is 0 Å². The first-order chi connectivity index (χ1) is 19.4. The van der Waals surface area contributed by atoms with E-state index in [1.807, 2.05) is 10.6 Å². The average molecular weight is 570 g/mol. The van der Waals surface area contributed by atoms with E-state index in [0.29, 0.717) is 11.8 Å². The maximum atomic E-state index is 14.5. The van der Waals surface area contributed by atoms with Crippen LogP contribution < -0.4 is 0 Å². The number of phenols is 2. The molecule has 5 heteroatoms. The van der Waals surface area contributed by atoms with Gasteiger partial charge in [0.15, 0.2) is 11.6 Å². The summed E-state index contributed by atoms with van der Waals surface area (Å²) in [7, 11) is 0. The number of halogens is 2. The third kappa shape index (κ3) is 4.93. The largest absolute Gasteiger partial charge is 0.505 e. The molecule has 2 N–H and O–H groups in total. The van der Waals surface area contributed by atoms with Crippen LogP contribution in [0.4, 0.5) is 8.78 Å². The van der Waals surface area contributed by atoms with Crippen LogP contribution >= 0.6 is 0 Å². The number of benzene rings is 4. The minimum atomic E-state index is -1.08. The van der Waals surface area contributed by atoms with Crippen LogP contribution in [0.15, 0.2) is 60.7 Å². The summed E-state index contributed by atoms with van der Waals surface area (Å²) in [5, 5.41) is 24.7. The highest BCUT2D eigenvalue weighted by Gasteiger charge is 2.27. The van der Waals surface area contributed by atoms with Gasteiger partial charge in [-0.1, -0.05) is 74.4 Å². The number of hydrogen-bond donors (Lipinski definition) is 2. The standard InChI is InChI=1S/C37H41F2NO2/c1-10-37(8,9)23-17-27(28-19-24(38)20-29(39)33(28)41)34(42)32(18-23)40-30-13-11-21(35(2,3)4)15-25(30)26-16-22(36(5,6)7)12-14-31(26)40/h11-20,41-42H,10H2,1-9H3. The fraction of sp³-hybridized carbons (Fsp3) is 0.351. The maximum Gasteiger partial charge on any atom is 0.168 e. The molecule has 0 atom stereocenters. The summed E-state index contributed by atoms with van der Waals surface area (Å²) in [6.45, 7) is 19.4. The van der Waals surface area contributed by atoms with Crippen molar-refractivity contribution in [2.75, 3.05) is 0 Å². The molecule has 0 aliphatic heterocycles. The summed E-state index contributed by atoms with van der Waals surface area (Å²) >= 11 is 0. The van der Waals surface area contributed by atoms with Gasteiger partial charge in [0, 0.05) is 28.0 Å². The molecule has 220 valence electrons. The Kier molecular flexibility index (Phi) is 6.96. The normalized spacial score (nSPS) is 12.9. The molecule has 0 saturated carbocycles. The second kappa shape index (κ2) is 9.86. The molecule has 0 unspecified atom stereocenters. The second-order valence-corrected chi connectivity index (χ2v) is 14.2. The van der Waals surface area contributed by atoms with Crippen LogP contribution in [-0.2, 0) is 16.2 Å². The van der Waals surface area contributed by atoms with Gasteiger partial charge in [-0.25, -0.2) is 8.78 Å². The minimum Gasteiger partial charge on any atom is -0.505 e. The zero-order chi connectivity index (χ0) is 30.9. The third-order valence-electron chi connectivity index (χ3n) is 8.81. The van der Waals surface area contributed by atoms with Crippen LogP contribution in [0, 0.1) is 11.6 Å². The Morgan fingerprint density at radius 1 is 0.619 bits per heavy atom. The first-order valence-electron chi connectivity index (χ1n) is 14.6. The molecule has 0 spiro atoms. The number of aromatic nitrogens is 1. The number of fused-ring (bicyclic) bond motifs is 3. The first kappa shape index (κ1) is 29.6. The third-order valence-corrected chi connectivity index (χ3v) is 8.81. The topological polar surface area (TPSA) is 45.4 Å². The van der Waals surface area contributed by atoms with Gasteiger partial charge in [-0.3, -0.25) is 0 Å². The van der Waals surface area contributed by atoms with Crippen LogP contribution in [0.1, 0.15) is 85.4 Å². The van der Waals surface area contributed by atoms with Crippen LogP contribution in [0.25, 0.3) is 38.6 Å². The molecule has 3 nitrogen and oxygen atoms in total. The average Bonchev–Trinajstić information content (AvgIpc) is 3.23. The van der Waals surface area contributed by atoms with E-state index in [9.17, 15) is 19.0 Å². The molecule has 0 amide bonds. The van der Waals surface area contributed by atoms with Crippen molar-refractivity contribution in [1.29, 1.82) is 0 Å². The van der Waals surface area contributed by atoms with Crippen LogP contribution in [0.3, 0.4) is 0 Å². The van der Waals surface area contributed by atoms with Gasteiger partial charge in [-0.15, -0.1) is 0 Å². The summed E-state index contributed by atoms with van der Waals surface area (Å²) in [6, 6.07) is 18.3. The van der Waals surface area contributed by atoms with Crippen LogP contribution in [0.2, 0.25) is 0 Å². The Hall–Kier alpha value is -3.86. The summed E-state index contributed by atoms with van der Waals surface area (Å²) in [5.74, 6) is -2.77. The zero-order valence-electron chi connectivity index (χ0n) is 26.1. The van der Waals surface area contributed by atoms with Gasteiger partial charge < -0.3 is 14.8 Å². The molecule has 4 aromatic carbocycles. The summed E-state index contributed by atoms with van der Waals surface area (Å²) < 4.78 is 31.0. The monoisotopic (exact) mass is 569 g/mol. The van der Waals surface area contributed by atoms with Crippen molar-refractivity contribution in [2.45, 2.75) is 85.0 Å². The highest BCUT2D eigenvalue weighted by atomic mass is 19.1. The van der Waals surface area contributed by atoms with Gasteiger partial charge in [0.1, 0.15) is 11.6 Å². The van der Waals surface area contributed by atoms with E-state index >= 15 is 0 Å². The predicted octanol–water partition coefficient (Wildman–Crippen LogP) is 10.4. The number of rotatable bonds is 4. The van der Waals surface area contributed by atoms with Gasteiger partial charge in [-0.05, 0) is 81.8 Å². The Bertz CT molecular complexity index is 1780. The predicted molar refractivity (Wildman–Crippen MR) is 170 cm³/mol. The molecule has 0 fully saturated rings. The molecule has 1 aromatic heterocycles. The van der Waals surface area contributed by atoms with E-state index in [-0.39, 0.29) is 33.1 Å². The Morgan fingerprint density at radius 3 is 1.60 bits per heavy atom. The SMILES string of the molecule is CCC(C)(C)c1cc(-c2cc(F)cc(F)c2O)c(O)c(-n2c3ccc(C(C)(C)C)cc3c3cc(C(C)(C)C)ccc32)c1. The van der Waals surface area contributed by atoms with Gasteiger partial charge in [0.25, 0.3) is 0 Å². The molecule has 5 rings (SSSR count). The van der Waals surface area contributed by atoms with Gasteiger partial charge in [0.2, 0.25) is 0 Å². The summed E-state index contributed by atoms with van der Waals surface area (Å²) in [6.07, 6.45) is 0.789. The molecule has 5 aromatic rings. The summed E-state index contributed by atoms with van der Waals surface area (Å²) in [5.41, 5.74) is 5.20. The van der Waals surface area contributed by atoms with Crippen molar-refractivity contribution >= 4 is 21.8 Å². The van der Waals surface area contributed by atoms with E-state index < -0.39 is 17.4 Å². The van der Waals surface area contributed by atoms with Crippen LogP contribution in [0.5, 0.6) is 11.5 Å². The Morgan fingerprint density at radius 2 is 1.12 bits per heavy atom. The minimum absolute atomic E-state index is 0.0659. The number of nitrogens with zero attached hydrogens (tertiary/aromatic N) is 1. The highest BCUT2D eigenvalue weighted by molar-refractivity contribution is 6.10. The van der Waals surface area contributed by atoms with Gasteiger partial charge in [0.05, 0.1) is 16.7 Å². The Labute approximate surface area is 247 Å². The van der Waals surface area contributed by atoms with E-state index in [1.54, 1.807) is 6.07 Å². The summed E-state index contributed by atoms with van der Waals surface area (Å²) in [4.78, 5) is 0. The van der Waals surface area contributed by atoms with Crippen molar-refractivity contribution < 1.29 is 19.0 Å². The van der Waals surface area contributed by atoms with Crippen molar-refractivity contribution in [3.05, 3.63) is 89.0 Å². The molecule has 0 radical (unpaired) electrons. The fourth-order valence-corrected chi connectivity index (χ4v) is 5.58. The lowest BCUT2D eigenvalue weighted by molar-refractivity contribution is 0.428. The molecule has 1 heterocycles. The number of aromatic hydroxyl groups is 2. The number of phenolic OH excluding ortho intramolecular Hbond substituents is 2. The quantitative estimate of drug-likeness (QED) is 0.226. The van der Waals surface area contributed by atoms with Crippen LogP contribution in [-0.4, -0.2) is 14.8 Å². The van der Waals surface area contributed by atoms with Crippen molar-refractivity contribution in [1.82, 2.24) is 4.57 Å². The zero-order valence-corrected chi connectivity index (χ0v) is 26.1. The van der Waals surface area contributed by atoms with E-state index in [4.69, 9.17) is 0 Å². The van der Waals surface area contributed by atoms with E-state index in [2.05, 4.69) is 98.7 Å². The molecule has 0 saturated heterocycles. The maximum absolute atomic E-state index is 14.5. The van der Waals surface area contributed by atoms with E-state index in [1.165, 1.54) is 11.1 Å².